The van der Waals surface area contributed by atoms with Gasteiger partial charge in [-0.25, -0.2) is 9.98 Å². The Bertz CT molecular complexity index is 757. The van der Waals surface area contributed by atoms with Gasteiger partial charge in [-0.1, -0.05) is 15.9 Å². The summed E-state index contributed by atoms with van der Waals surface area (Å²) in [5, 5.41) is 2.96. The number of halogens is 4. The Balaban J connectivity index is 0.00000261. The van der Waals surface area contributed by atoms with Gasteiger partial charge < -0.3 is 20.3 Å². The number of ether oxygens (including phenoxy) is 1. The molecule has 3 rings (SSSR count). The van der Waals surface area contributed by atoms with Gasteiger partial charge in [-0.05, 0) is 18.2 Å². The second-order valence-electron chi connectivity index (χ2n) is 5.59. The first-order valence-corrected chi connectivity index (χ1v) is 9.63. The van der Waals surface area contributed by atoms with Gasteiger partial charge in [0.2, 0.25) is 0 Å². The predicted molar refractivity (Wildman–Crippen MR) is 117 cm³/mol. The maximum absolute atomic E-state index is 12.5. The average Bonchev–Trinajstić information content (AvgIpc) is 3.16. The zero-order valence-corrected chi connectivity index (χ0v) is 19.0. The van der Waals surface area contributed by atoms with Gasteiger partial charge in [0.25, 0.3) is 0 Å². The topological polar surface area (TPSA) is 67.0 Å². The number of rotatable bonds is 5. The molecule has 0 spiro atoms. The van der Waals surface area contributed by atoms with Crippen LogP contribution in [0.1, 0.15) is 5.56 Å². The summed E-state index contributed by atoms with van der Waals surface area (Å²) in [5.41, 5.74) is 6.64. The number of piperazine rings is 1. The molecule has 6 nitrogen and oxygen atoms in total. The van der Waals surface area contributed by atoms with Crippen LogP contribution in [0.2, 0.25) is 0 Å². The van der Waals surface area contributed by atoms with E-state index in [2.05, 4.69) is 35.5 Å². The molecule has 0 radical (unpaired) electrons. The van der Waals surface area contributed by atoms with E-state index in [0.717, 1.165) is 35.8 Å². The van der Waals surface area contributed by atoms with Crippen LogP contribution in [-0.2, 0) is 6.54 Å². The summed E-state index contributed by atoms with van der Waals surface area (Å²) in [5.74, 6) is 0.500. The summed E-state index contributed by atoms with van der Waals surface area (Å²) < 4.78 is 30.4. The Kier molecular flexibility index (Phi) is 8.48. The molecule has 1 aliphatic heterocycles. The van der Waals surface area contributed by atoms with Crippen molar-refractivity contribution in [1.82, 2.24) is 9.88 Å². The first kappa shape index (κ1) is 22.1. The van der Waals surface area contributed by atoms with Crippen molar-refractivity contribution in [3.8, 4) is 5.75 Å². The molecule has 1 fully saturated rings. The van der Waals surface area contributed by atoms with Crippen LogP contribution in [0.25, 0.3) is 0 Å². The van der Waals surface area contributed by atoms with Crippen LogP contribution in [0.4, 0.5) is 13.9 Å². The summed E-state index contributed by atoms with van der Waals surface area (Å²) in [6.45, 7) is 0.359. The fraction of sp³-hybridized carbons (Fsp3) is 0.375. The molecule has 1 saturated heterocycles. The fourth-order valence-electron chi connectivity index (χ4n) is 2.65. The molecule has 0 atom stereocenters. The van der Waals surface area contributed by atoms with Crippen molar-refractivity contribution in [2.75, 3.05) is 31.1 Å². The molecule has 2 N–H and O–H groups in total. The third kappa shape index (κ3) is 6.14. The zero-order chi connectivity index (χ0) is 18.5. The zero-order valence-electron chi connectivity index (χ0n) is 14.2. The van der Waals surface area contributed by atoms with Crippen LogP contribution >= 0.6 is 51.2 Å². The van der Waals surface area contributed by atoms with Crippen LogP contribution in [0.5, 0.6) is 5.75 Å². The van der Waals surface area contributed by atoms with E-state index in [9.17, 15) is 8.78 Å². The molecule has 0 amide bonds. The van der Waals surface area contributed by atoms with Gasteiger partial charge in [-0.3, -0.25) is 0 Å². The van der Waals surface area contributed by atoms with E-state index < -0.39 is 6.61 Å². The highest BCUT2D eigenvalue weighted by atomic mass is 127. The summed E-state index contributed by atoms with van der Waals surface area (Å²) in [6.07, 6.45) is 1.79. The number of alkyl halides is 2. The number of aliphatic imine (C=N–C) groups is 1. The SMILES string of the molecule is I.NC(=NCc1cc(Br)ccc1OC(F)F)N1CCN(c2nccs2)CC1. The number of aromatic nitrogens is 1. The molecule has 0 unspecified atom stereocenters. The van der Waals surface area contributed by atoms with E-state index in [1.807, 2.05) is 10.3 Å². The summed E-state index contributed by atoms with van der Waals surface area (Å²) in [6, 6.07) is 4.84. The highest BCUT2D eigenvalue weighted by molar-refractivity contribution is 14.0. The molecule has 0 saturated carbocycles. The van der Waals surface area contributed by atoms with Crippen molar-refractivity contribution >= 4 is 62.3 Å². The van der Waals surface area contributed by atoms with Crippen LogP contribution in [-0.4, -0.2) is 48.6 Å². The number of guanidine groups is 1. The van der Waals surface area contributed by atoms with Crippen LogP contribution < -0.4 is 15.4 Å². The Morgan fingerprint density at radius 3 is 2.70 bits per heavy atom. The second-order valence-corrected chi connectivity index (χ2v) is 7.38. The van der Waals surface area contributed by atoms with E-state index >= 15 is 0 Å². The third-order valence-electron chi connectivity index (χ3n) is 3.94. The second kappa shape index (κ2) is 10.4. The minimum atomic E-state index is -2.88. The lowest BCUT2D eigenvalue weighted by molar-refractivity contribution is -0.0504. The van der Waals surface area contributed by atoms with Gasteiger partial charge in [0.15, 0.2) is 11.1 Å². The molecule has 2 aromatic rings. The van der Waals surface area contributed by atoms with Crippen molar-refractivity contribution in [2.24, 2.45) is 10.7 Å². The molecule has 1 aliphatic rings. The number of anilines is 1. The number of hydrogen-bond donors (Lipinski definition) is 1. The molecular weight excluding hydrogens is 555 g/mol. The fourth-order valence-corrected chi connectivity index (χ4v) is 3.75. The maximum Gasteiger partial charge on any atom is 0.387 e. The lowest BCUT2D eigenvalue weighted by atomic mass is 10.2. The van der Waals surface area contributed by atoms with Crippen LogP contribution in [0, 0.1) is 0 Å². The molecule has 11 heteroatoms. The number of thiazole rings is 1. The average molecular weight is 574 g/mol. The predicted octanol–water partition coefficient (Wildman–Crippen LogP) is 3.76. The van der Waals surface area contributed by atoms with Gasteiger partial charge in [0.05, 0.1) is 6.54 Å². The number of nitrogens with zero attached hydrogens (tertiary/aromatic N) is 4. The smallest absolute Gasteiger partial charge is 0.387 e. The quantitative estimate of drug-likeness (QED) is 0.335. The van der Waals surface area contributed by atoms with Gasteiger partial charge in [0, 0.05) is 47.8 Å². The Labute approximate surface area is 185 Å². The highest BCUT2D eigenvalue weighted by Crippen LogP contribution is 2.25. The molecule has 1 aromatic carbocycles. The largest absolute Gasteiger partial charge is 0.434 e. The summed E-state index contributed by atoms with van der Waals surface area (Å²) >= 11 is 4.94. The van der Waals surface area contributed by atoms with Crippen molar-refractivity contribution in [3.63, 3.8) is 0 Å². The lowest BCUT2D eigenvalue weighted by Crippen LogP contribution is -2.51. The number of benzene rings is 1. The molecule has 2 heterocycles. The number of nitrogens with two attached hydrogens (primary N) is 1. The Morgan fingerprint density at radius 2 is 2.07 bits per heavy atom. The van der Waals surface area contributed by atoms with Gasteiger partial charge in [0.1, 0.15) is 5.75 Å². The standard InChI is InChI=1S/C16H18BrF2N5OS.HI/c17-12-1-2-13(25-14(18)19)11(9-12)10-22-15(20)23-4-6-24(7-5-23)16-21-3-8-26-16;/h1-3,8-9,14H,4-7,10H2,(H2,20,22);1H. The van der Waals surface area contributed by atoms with Gasteiger partial charge in [-0.15, -0.1) is 35.3 Å². The van der Waals surface area contributed by atoms with Crippen LogP contribution in [0.3, 0.4) is 0 Å². The third-order valence-corrected chi connectivity index (χ3v) is 5.27. The first-order chi connectivity index (χ1) is 12.5. The van der Waals surface area contributed by atoms with E-state index in [-0.39, 0.29) is 36.3 Å². The highest BCUT2D eigenvalue weighted by Gasteiger charge is 2.20. The normalized spacial score (nSPS) is 15.0. The minimum absolute atomic E-state index is 0. The van der Waals surface area contributed by atoms with Crippen molar-refractivity contribution in [2.45, 2.75) is 13.2 Å². The van der Waals surface area contributed by atoms with Gasteiger partial charge in [-0.2, -0.15) is 8.78 Å². The molecular formula is C16H19BrF2IN5OS. The van der Waals surface area contributed by atoms with E-state index in [0.29, 0.717) is 11.5 Å². The Morgan fingerprint density at radius 1 is 1.33 bits per heavy atom. The summed E-state index contributed by atoms with van der Waals surface area (Å²) in [7, 11) is 0. The number of hydrogen-bond acceptors (Lipinski definition) is 5. The van der Waals surface area contributed by atoms with E-state index in [4.69, 9.17) is 5.73 Å². The minimum Gasteiger partial charge on any atom is -0.434 e. The van der Waals surface area contributed by atoms with Crippen LogP contribution in [0.15, 0.2) is 39.2 Å². The van der Waals surface area contributed by atoms with E-state index in [1.165, 1.54) is 6.07 Å². The van der Waals surface area contributed by atoms with E-state index in [1.54, 1.807) is 29.7 Å². The first-order valence-electron chi connectivity index (χ1n) is 7.95. The Hall–Kier alpha value is -1.21. The van der Waals surface area contributed by atoms with Crippen molar-refractivity contribution in [1.29, 1.82) is 0 Å². The molecule has 0 bridgehead atoms. The lowest BCUT2D eigenvalue weighted by Gasteiger charge is -2.35. The monoisotopic (exact) mass is 573 g/mol. The molecule has 27 heavy (non-hydrogen) atoms. The van der Waals surface area contributed by atoms with Crippen molar-refractivity contribution in [3.05, 3.63) is 39.8 Å². The molecule has 0 aliphatic carbocycles. The summed E-state index contributed by atoms with van der Waals surface area (Å²) in [4.78, 5) is 12.9. The van der Waals surface area contributed by atoms with Crippen molar-refractivity contribution < 1.29 is 13.5 Å². The molecule has 148 valence electrons. The maximum atomic E-state index is 12.5. The molecule has 1 aromatic heterocycles. The van der Waals surface area contributed by atoms with Gasteiger partial charge >= 0.3 is 6.61 Å².